The Morgan fingerprint density at radius 2 is 1.52 bits per heavy atom. The van der Waals surface area contributed by atoms with Crippen LogP contribution in [0.5, 0.6) is 0 Å². The molecular weight excluding hydrogens is 308 g/mol. The number of ether oxygens (including phenoxy) is 1. The predicted molar refractivity (Wildman–Crippen MR) is 70.9 cm³/mol. The van der Waals surface area contributed by atoms with Crippen molar-refractivity contribution in [2.45, 2.75) is 0 Å². The summed E-state index contributed by atoms with van der Waals surface area (Å²) in [6.45, 7) is 0. The molecule has 0 aromatic carbocycles. The zero-order valence-electron chi connectivity index (χ0n) is 10.6. The number of amides is 4. The van der Waals surface area contributed by atoms with Gasteiger partial charge in [-0.05, 0) is 0 Å². The van der Waals surface area contributed by atoms with Gasteiger partial charge < -0.3 is 16.2 Å². The van der Waals surface area contributed by atoms with Crippen LogP contribution in [0.25, 0.3) is 0 Å². The van der Waals surface area contributed by atoms with Crippen LogP contribution in [0.4, 0.5) is 21.2 Å². The van der Waals surface area contributed by atoms with Gasteiger partial charge in [0.25, 0.3) is 0 Å². The third kappa shape index (κ3) is 3.25. The van der Waals surface area contributed by atoms with Crippen LogP contribution in [0.1, 0.15) is 10.5 Å². The first kappa shape index (κ1) is 16.4. The number of primary amides is 2. The first-order valence-corrected chi connectivity index (χ1v) is 5.42. The van der Waals surface area contributed by atoms with Crippen molar-refractivity contribution in [3.8, 4) is 0 Å². The topological polar surface area (TPSA) is 197 Å². The quantitative estimate of drug-likeness (QED) is 0.222. The normalized spacial score (nSPS) is 9.90. The van der Waals surface area contributed by atoms with E-state index in [1.807, 2.05) is 0 Å². The molecule has 13 heteroatoms. The number of esters is 1. The summed E-state index contributed by atoms with van der Waals surface area (Å²) in [5, 5.41) is 0.196. The fraction of sp³-hybridized carbons (Fsp3) is 0.125. The number of anilines is 2. The van der Waals surface area contributed by atoms with Gasteiger partial charge in [-0.3, -0.25) is 0 Å². The van der Waals surface area contributed by atoms with Crippen LogP contribution in [-0.2, 0) is 4.74 Å². The first-order chi connectivity index (χ1) is 9.70. The molecule has 0 fully saturated rings. The maximum Gasteiger partial charge on any atom is 0.360 e. The highest BCUT2D eigenvalue weighted by molar-refractivity contribution is 6.32. The van der Waals surface area contributed by atoms with Crippen LogP contribution in [0.15, 0.2) is 0 Å². The molecule has 0 aliphatic rings. The fourth-order valence-corrected chi connectivity index (χ4v) is 1.38. The van der Waals surface area contributed by atoms with Crippen molar-refractivity contribution in [2.24, 2.45) is 23.2 Å². The Morgan fingerprint density at radius 1 is 1.05 bits per heavy atom. The first-order valence-electron chi connectivity index (χ1n) is 5.05. The molecule has 12 nitrogen and oxygen atoms in total. The third-order valence-corrected chi connectivity index (χ3v) is 2.38. The molecule has 0 atom stereocenters. The van der Waals surface area contributed by atoms with Crippen molar-refractivity contribution in [3.05, 3.63) is 10.8 Å². The lowest BCUT2D eigenvalue weighted by Gasteiger charge is -2.19. The molecule has 8 N–H and O–H groups in total. The summed E-state index contributed by atoms with van der Waals surface area (Å²) in [7, 11) is 1.05. The minimum absolute atomic E-state index is 0.300. The average molecular weight is 319 g/mol. The summed E-state index contributed by atoms with van der Waals surface area (Å²) in [5.74, 6) is 8.72. The SMILES string of the molecule is COC(=O)c1nc(Cl)c(N(N)C(N)=O)nc1N(N)C(N)=O. The monoisotopic (exact) mass is 318 g/mol. The van der Waals surface area contributed by atoms with E-state index in [0.717, 1.165) is 7.11 Å². The summed E-state index contributed by atoms with van der Waals surface area (Å²) < 4.78 is 4.44. The summed E-state index contributed by atoms with van der Waals surface area (Å²) in [5.41, 5.74) is 9.42. The minimum Gasteiger partial charge on any atom is -0.464 e. The number of urea groups is 2. The molecule has 0 spiro atoms. The molecule has 1 rings (SSSR count). The van der Waals surface area contributed by atoms with Crippen LogP contribution in [0.2, 0.25) is 5.15 Å². The Labute approximate surface area is 122 Å². The molecule has 0 unspecified atom stereocenters. The molecule has 1 aromatic rings. The smallest absolute Gasteiger partial charge is 0.360 e. The van der Waals surface area contributed by atoms with Gasteiger partial charge in [0.2, 0.25) is 0 Å². The van der Waals surface area contributed by atoms with Gasteiger partial charge in [0.15, 0.2) is 22.5 Å². The van der Waals surface area contributed by atoms with Crippen LogP contribution in [-0.4, -0.2) is 35.1 Å². The standard InChI is InChI=1S/C8H11ClN8O4/c1-21-6(18)2-4(16(12)7(10)19)15-5(3(9)14-2)17(13)8(11)20/h12-13H2,1H3,(H2,10,19)(H2,11,20). The van der Waals surface area contributed by atoms with Gasteiger partial charge in [0, 0.05) is 0 Å². The van der Waals surface area contributed by atoms with Crippen molar-refractivity contribution in [3.63, 3.8) is 0 Å². The van der Waals surface area contributed by atoms with Gasteiger partial charge in [-0.2, -0.15) is 0 Å². The molecule has 1 aromatic heterocycles. The molecular formula is C8H11ClN8O4. The maximum atomic E-state index is 11.6. The second kappa shape index (κ2) is 6.17. The molecule has 21 heavy (non-hydrogen) atoms. The summed E-state index contributed by atoms with van der Waals surface area (Å²) in [6.07, 6.45) is 0. The van der Waals surface area contributed by atoms with Gasteiger partial charge in [-0.1, -0.05) is 11.6 Å². The van der Waals surface area contributed by atoms with E-state index in [2.05, 4.69) is 14.7 Å². The molecule has 0 saturated carbocycles. The zero-order valence-corrected chi connectivity index (χ0v) is 11.4. The number of carbonyl (C=O) groups excluding carboxylic acids is 3. The van der Waals surface area contributed by atoms with Crippen molar-refractivity contribution in [1.29, 1.82) is 0 Å². The van der Waals surface area contributed by atoms with E-state index in [-0.39, 0.29) is 0 Å². The van der Waals surface area contributed by atoms with Gasteiger partial charge in [-0.15, -0.1) is 0 Å². The number of rotatable bonds is 3. The lowest BCUT2D eigenvalue weighted by Crippen LogP contribution is -2.45. The average Bonchev–Trinajstić information content (AvgIpc) is 2.44. The summed E-state index contributed by atoms with van der Waals surface area (Å²) in [6, 6.07) is -2.28. The van der Waals surface area contributed by atoms with Crippen LogP contribution in [0.3, 0.4) is 0 Å². The maximum absolute atomic E-state index is 11.6. The highest BCUT2D eigenvalue weighted by Crippen LogP contribution is 2.25. The summed E-state index contributed by atoms with van der Waals surface area (Å²) >= 11 is 5.74. The number of carbonyl (C=O) groups is 3. The van der Waals surface area contributed by atoms with E-state index < -0.39 is 40.5 Å². The van der Waals surface area contributed by atoms with Gasteiger partial charge in [-0.25, -0.2) is 46.1 Å². The minimum atomic E-state index is -1.16. The van der Waals surface area contributed by atoms with Crippen LogP contribution < -0.4 is 33.2 Å². The predicted octanol–water partition coefficient (Wildman–Crippen LogP) is -1.57. The van der Waals surface area contributed by atoms with Gasteiger partial charge >= 0.3 is 18.0 Å². The molecule has 114 valence electrons. The number of hydrazine groups is 2. The Balaban J connectivity index is 3.55. The number of nitrogens with two attached hydrogens (primary N) is 4. The molecule has 0 bridgehead atoms. The number of aromatic nitrogens is 2. The lowest BCUT2D eigenvalue weighted by molar-refractivity contribution is 0.0594. The van der Waals surface area contributed by atoms with Gasteiger partial charge in [0.05, 0.1) is 7.11 Å². The molecule has 0 radical (unpaired) electrons. The van der Waals surface area contributed by atoms with E-state index in [1.165, 1.54) is 0 Å². The van der Waals surface area contributed by atoms with Crippen molar-refractivity contribution < 1.29 is 19.1 Å². The third-order valence-electron chi connectivity index (χ3n) is 2.13. The van der Waals surface area contributed by atoms with E-state index in [0.29, 0.717) is 10.0 Å². The Bertz CT molecular complexity index is 608. The van der Waals surface area contributed by atoms with Crippen molar-refractivity contribution in [2.75, 3.05) is 17.1 Å². The van der Waals surface area contributed by atoms with Crippen LogP contribution in [0, 0.1) is 0 Å². The second-order valence-corrected chi connectivity index (χ2v) is 3.78. The molecule has 1 heterocycles. The Hall–Kier alpha value is -2.70. The van der Waals surface area contributed by atoms with Gasteiger partial charge in [0.1, 0.15) is 0 Å². The molecule has 0 saturated heterocycles. The molecule has 0 aliphatic carbocycles. The zero-order chi connectivity index (χ0) is 16.3. The molecule has 0 aliphatic heterocycles. The van der Waals surface area contributed by atoms with Crippen molar-refractivity contribution >= 4 is 41.3 Å². The highest BCUT2D eigenvalue weighted by Gasteiger charge is 2.27. The Kier molecular flexibility index (Phi) is 4.80. The number of hydrogen-bond acceptors (Lipinski definition) is 8. The fourth-order valence-electron chi connectivity index (χ4n) is 1.16. The summed E-state index contributed by atoms with van der Waals surface area (Å²) in [4.78, 5) is 41.0. The van der Waals surface area contributed by atoms with Crippen LogP contribution >= 0.6 is 11.6 Å². The van der Waals surface area contributed by atoms with Crippen molar-refractivity contribution in [1.82, 2.24) is 9.97 Å². The highest BCUT2D eigenvalue weighted by atomic mass is 35.5. The number of hydrogen-bond donors (Lipinski definition) is 4. The Morgan fingerprint density at radius 3 is 1.95 bits per heavy atom. The van der Waals surface area contributed by atoms with E-state index in [4.69, 9.17) is 34.8 Å². The lowest BCUT2D eigenvalue weighted by atomic mass is 10.4. The van der Waals surface area contributed by atoms with E-state index >= 15 is 0 Å². The number of methoxy groups -OCH3 is 1. The van der Waals surface area contributed by atoms with E-state index in [9.17, 15) is 14.4 Å². The number of halogens is 1. The molecule has 4 amide bonds. The second-order valence-electron chi connectivity index (χ2n) is 3.42. The van der Waals surface area contributed by atoms with E-state index in [1.54, 1.807) is 0 Å². The number of nitrogens with zero attached hydrogens (tertiary/aromatic N) is 4. The largest absolute Gasteiger partial charge is 0.464 e.